The zero-order chi connectivity index (χ0) is 22.7. The summed E-state index contributed by atoms with van der Waals surface area (Å²) in [7, 11) is 1.69. The number of methoxy groups -OCH3 is 1. The molecule has 0 aliphatic carbocycles. The normalized spacial score (nSPS) is 18.9. The van der Waals surface area contributed by atoms with Crippen LogP contribution in [0, 0.1) is 5.82 Å². The number of hydrogen-bond acceptors (Lipinski definition) is 4. The molecule has 0 spiro atoms. The van der Waals surface area contributed by atoms with Gasteiger partial charge in [-0.2, -0.15) is 0 Å². The summed E-state index contributed by atoms with van der Waals surface area (Å²) in [6, 6.07) is 18.8. The second kappa shape index (κ2) is 9.92. The molecule has 168 valence electrons. The zero-order valence-electron chi connectivity index (χ0n) is 18.7. The summed E-state index contributed by atoms with van der Waals surface area (Å²) in [4.78, 5) is 16.3. The smallest absolute Gasteiger partial charge is 0.237 e. The van der Waals surface area contributed by atoms with E-state index in [1.807, 2.05) is 32.0 Å². The van der Waals surface area contributed by atoms with Crippen LogP contribution in [-0.2, 0) is 11.3 Å². The van der Waals surface area contributed by atoms with Crippen molar-refractivity contribution in [3.8, 4) is 5.75 Å². The average molecular weight is 453 g/mol. The van der Waals surface area contributed by atoms with Crippen LogP contribution < -0.4 is 10.1 Å². The van der Waals surface area contributed by atoms with Crippen molar-refractivity contribution in [1.82, 2.24) is 10.2 Å². The Morgan fingerprint density at radius 1 is 1.16 bits per heavy atom. The first kappa shape index (κ1) is 22.6. The van der Waals surface area contributed by atoms with Crippen LogP contribution in [0.15, 0.2) is 65.6 Å². The molecule has 0 unspecified atom stereocenters. The van der Waals surface area contributed by atoms with Gasteiger partial charge in [0.2, 0.25) is 5.91 Å². The van der Waals surface area contributed by atoms with E-state index in [-0.39, 0.29) is 29.1 Å². The maximum absolute atomic E-state index is 13.3. The van der Waals surface area contributed by atoms with Gasteiger partial charge in [0, 0.05) is 34.8 Å². The molecular formula is C26H29FN2O2S. The summed E-state index contributed by atoms with van der Waals surface area (Å²) in [5.74, 6) is 0.655. The lowest BCUT2D eigenvalue weighted by molar-refractivity contribution is -0.126. The Morgan fingerprint density at radius 2 is 1.91 bits per heavy atom. The van der Waals surface area contributed by atoms with Crippen molar-refractivity contribution in [1.29, 1.82) is 0 Å². The number of carbonyl (C=O) groups excluding carboxylic acids is 1. The molecule has 2 atom stereocenters. The van der Waals surface area contributed by atoms with Gasteiger partial charge in [-0.05, 0) is 61.4 Å². The lowest BCUT2D eigenvalue weighted by Crippen LogP contribution is -2.45. The summed E-state index contributed by atoms with van der Waals surface area (Å²) in [6.07, 6.45) is 0.744. The third-order valence-corrected chi connectivity index (χ3v) is 7.01. The van der Waals surface area contributed by atoms with Crippen LogP contribution in [0.3, 0.4) is 0 Å². The molecule has 0 radical (unpaired) electrons. The Kier molecular flexibility index (Phi) is 7.01. The number of carbonyl (C=O) groups is 1. The van der Waals surface area contributed by atoms with Crippen LogP contribution in [0.2, 0.25) is 0 Å². The van der Waals surface area contributed by atoms with E-state index < -0.39 is 0 Å². The van der Waals surface area contributed by atoms with E-state index in [1.54, 1.807) is 31.0 Å². The number of halogens is 1. The van der Waals surface area contributed by atoms with Gasteiger partial charge in [0.15, 0.2) is 0 Å². The number of nitrogens with zero attached hydrogens (tertiary/aromatic N) is 1. The first-order valence-electron chi connectivity index (χ1n) is 11.0. The van der Waals surface area contributed by atoms with Crippen LogP contribution >= 0.6 is 11.8 Å². The largest absolute Gasteiger partial charge is 0.496 e. The lowest BCUT2D eigenvalue weighted by atomic mass is 10.0. The fraction of sp³-hybridized carbons (Fsp3) is 0.346. The lowest BCUT2D eigenvalue weighted by Gasteiger charge is -2.26. The molecule has 1 heterocycles. The molecule has 0 bridgehead atoms. The predicted molar refractivity (Wildman–Crippen MR) is 129 cm³/mol. The number of ether oxygens (including phenoxy) is 1. The number of nitrogens with one attached hydrogen (secondary N) is 1. The van der Waals surface area contributed by atoms with Crippen molar-refractivity contribution in [2.24, 2.45) is 0 Å². The second-order valence-corrected chi connectivity index (χ2v) is 9.88. The molecule has 1 fully saturated rings. The molecule has 4 rings (SSSR count). The third-order valence-electron chi connectivity index (χ3n) is 5.79. The van der Waals surface area contributed by atoms with E-state index in [1.165, 1.54) is 12.1 Å². The SMILES string of the molecule is COc1ccc2ccccc2c1CN1C[C@H](Sc2ccc(F)cc2)C[C@H]1C(=O)NC(C)C. The number of amides is 1. The van der Waals surface area contributed by atoms with Gasteiger partial charge in [0.1, 0.15) is 11.6 Å². The highest BCUT2D eigenvalue weighted by molar-refractivity contribution is 8.00. The molecule has 0 aromatic heterocycles. The summed E-state index contributed by atoms with van der Waals surface area (Å²) >= 11 is 1.71. The molecule has 1 aliphatic heterocycles. The van der Waals surface area contributed by atoms with Gasteiger partial charge in [-0.3, -0.25) is 9.69 Å². The molecule has 1 amide bonds. The number of hydrogen-bond donors (Lipinski definition) is 1. The minimum absolute atomic E-state index is 0.0569. The van der Waals surface area contributed by atoms with Gasteiger partial charge in [-0.25, -0.2) is 4.39 Å². The Balaban J connectivity index is 1.62. The topological polar surface area (TPSA) is 41.6 Å². The van der Waals surface area contributed by atoms with Gasteiger partial charge in [0.05, 0.1) is 13.2 Å². The number of fused-ring (bicyclic) bond motifs is 1. The van der Waals surface area contributed by atoms with Crippen molar-refractivity contribution in [2.45, 2.75) is 49.0 Å². The summed E-state index contributed by atoms with van der Waals surface area (Å²) in [5, 5.41) is 5.63. The van der Waals surface area contributed by atoms with Crippen LogP contribution in [0.4, 0.5) is 4.39 Å². The Morgan fingerprint density at radius 3 is 2.62 bits per heavy atom. The quantitative estimate of drug-likeness (QED) is 0.532. The van der Waals surface area contributed by atoms with Crippen LogP contribution in [-0.4, -0.2) is 41.8 Å². The highest BCUT2D eigenvalue weighted by Crippen LogP contribution is 2.36. The van der Waals surface area contributed by atoms with Crippen LogP contribution in [0.5, 0.6) is 5.75 Å². The maximum Gasteiger partial charge on any atom is 0.237 e. The van der Waals surface area contributed by atoms with Crippen molar-refractivity contribution < 1.29 is 13.9 Å². The fourth-order valence-electron chi connectivity index (χ4n) is 4.35. The second-order valence-electron chi connectivity index (χ2n) is 8.51. The van der Waals surface area contributed by atoms with E-state index in [2.05, 4.69) is 28.4 Å². The van der Waals surface area contributed by atoms with Gasteiger partial charge in [-0.1, -0.05) is 30.3 Å². The third kappa shape index (κ3) is 5.08. The molecular weight excluding hydrogens is 423 g/mol. The number of likely N-dealkylation sites (tertiary alicyclic amines) is 1. The molecule has 3 aromatic rings. The Bertz CT molecular complexity index is 1090. The predicted octanol–water partition coefficient (Wildman–Crippen LogP) is 5.25. The van der Waals surface area contributed by atoms with E-state index >= 15 is 0 Å². The zero-order valence-corrected chi connectivity index (χ0v) is 19.5. The summed E-state index contributed by atoms with van der Waals surface area (Å²) < 4.78 is 19.0. The van der Waals surface area contributed by atoms with Crippen molar-refractivity contribution in [2.75, 3.05) is 13.7 Å². The van der Waals surface area contributed by atoms with Gasteiger partial charge in [0.25, 0.3) is 0 Å². The number of benzene rings is 3. The summed E-state index contributed by atoms with van der Waals surface area (Å²) in [5.41, 5.74) is 1.10. The average Bonchev–Trinajstić information content (AvgIpc) is 3.17. The minimum Gasteiger partial charge on any atom is -0.496 e. The number of thioether (sulfide) groups is 1. The van der Waals surface area contributed by atoms with Gasteiger partial charge < -0.3 is 10.1 Å². The maximum atomic E-state index is 13.3. The molecule has 3 aromatic carbocycles. The van der Waals surface area contributed by atoms with Crippen molar-refractivity contribution in [3.05, 3.63) is 72.0 Å². The van der Waals surface area contributed by atoms with Crippen molar-refractivity contribution in [3.63, 3.8) is 0 Å². The molecule has 32 heavy (non-hydrogen) atoms. The highest BCUT2D eigenvalue weighted by Gasteiger charge is 2.38. The minimum atomic E-state index is -0.236. The first-order chi connectivity index (χ1) is 15.4. The molecule has 4 nitrogen and oxygen atoms in total. The highest BCUT2D eigenvalue weighted by atomic mass is 32.2. The Hall–Kier alpha value is -2.57. The van der Waals surface area contributed by atoms with Gasteiger partial charge >= 0.3 is 0 Å². The first-order valence-corrected chi connectivity index (χ1v) is 11.8. The van der Waals surface area contributed by atoms with E-state index in [0.717, 1.165) is 39.9 Å². The number of rotatable bonds is 7. The molecule has 6 heteroatoms. The monoisotopic (exact) mass is 452 g/mol. The van der Waals surface area contributed by atoms with E-state index in [0.29, 0.717) is 6.54 Å². The Labute approximate surface area is 193 Å². The van der Waals surface area contributed by atoms with Crippen LogP contribution in [0.1, 0.15) is 25.8 Å². The standard InChI is InChI=1S/C26H29FN2O2S/c1-17(2)28-26(30)24-14-21(32-20-11-9-19(27)10-12-20)15-29(24)16-23-22-7-5-4-6-18(22)8-13-25(23)31-3/h4-13,17,21,24H,14-16H2,1-3H3,(H,28,30)/t21-,24+/m1/s1. The molecule has 1 aliphatic rings. The van der Waals surface area contributed by atoms with Crippen LogP contribution in [0.25, 0.3) is 10.8 Å². The van der Waals surface area contributed by atoms with Gasteiger partial charge in [-0.15, -0.1) is 11.8 Å². The van der Waals surface area contributed by atoms with Crippen molar-refractivity contribution >= 4 is 28.4 Å². The molecule has 1 saturated heterocycles. The van der Waals surface area contributed by atoms with E-state index in [4.69, 9.17) is 4.74 Å². The molecule has 0 saturated carbocycles. The molecule has 1 N–H and O–H groups in total. The van der Waals surface area contributed by atoms with E-state index in [9.17, 15) is 9.18 Å². The summed E-state index contributed by atoms with van der Waals surface area (Å²) in [6.45, 7) is 5.36. The fourth-order valence-corrected chi connectivity index (χ4v) is 5.58.